The topological polar surface area (TPSA) is 158 Å². The maximum absolute atomic E-state index is 13.2. The van der Waals surface area contributed by atoms with Crippen LogP contribution >= 0.6 is 0 Å². The third-order valence-corrected chi connectivity index (χ3v) is 7.63. The number of pyridine rings is 1. The minimum Gasteiger partial charge on any atom is -0.354 e. The number of rotatable bonds is 3. The Morgan fingerprint density at radius 3 is 2.55 bits per heavy atom. The van der Waals surface area contributed by atoms with Crippen molar-refractivity contribution in [2.45, 2.75) is 58.5 Å². The van der Waals surface area contributed by atoms with Crippen molar-refractivity contribution in [1.82, 2.24) is 35.4 Å². The van der Waals surface area contributed by atoms with Crippen LogP contribution in [0.15, 0.2) is 47.5 Å². The number of amides is 4. The average molecular weight is 578 g/mol. The number of nitrogens with zero attached hydrogens (tertiary/aromatic N) is 3. The molecule has 0 aliphatic carbocycles. The largest absolute Gasteiger partial charge is 0.354 e. The van der Waals surface area contributed by atoms with Gasteiger partial charge in [-0.3, -0.25) is 28.7 Å². The fourth-order valence-corrected chi connectivity index (χ4v) is 5.01. The summed E-state index contributed by atoms with van der Waals surface area (Å²) in [6.07, 6.45) is 5.33. The molecule has 4 rings (SSSR count). The molecule has 0 radical (unpaired) electrons. The lowest BCUT2D eigenvalue weighted by molar-refractivity contribution is -0.130. The van der Waals surface area contributed by atoms with Crippen molar-refractivity contribution in [3.05, 3.63) is 64.3 Å². The van der Waals surface area contributed by atoms with Gasteiger partial charge in [0.25, 0.3) is 11.8 Å². The van der Waals surface area contributed by atoms with E-state index < -0.39 is 6.04 Å². The molecule has 3 aromatic rings. The maximum Gasteiger partial charge on any atom is 0.326 e. The molecule has 2 bridgehead atoms. The Labute approximate surface area is 244 Å². The Morgan fingerprint density at radius 2 is 1.79 bits per heavy atom. The smallest absolute Gasteiger partial charge is 0.326 e. The highest BCUT2D eigenvalue weighted by Crippen LogP contribution is 2.14. The van der Waals surface area contributed by atoms with Gasteiger partial charge >= 0.3 is 5.69 Å². The number of H-pyrrole nitrogens is 1. The highest BCUT2D eigenvalue weighted by molar-refractivity contribution is 5.97. The molecule has 3 heterocycles. The third kappa shape index (κ3) is 7.62. The minimum atomic E-state index is -0.694. The van der Waals surface area contributed by atoms with E-state index in [0.717, 1.165) is 0 Å². The lowest BCUT2D eigenvalue weighted by atomic mass is 9.98. The SMILES string of the molecule is CC[C@H](C)[C@@H]1NC(=O)CCCN(C(=O)c2cccnc2)CCCNC(=O)c2ccc3[nH]c(=O)n(c3c2)CCCNC1=O. The Hall–Kier alpha value is -4.48. The van der Waals surface area contributed by atoms with E-state index in [1.165, 1.54) is 6.20 Å². The molecule has 0 spiro atoms. The molecule has 0 saturated carbocycles. The van der Waals surface area contributed by atoms with Gasteiger partial charge in [0, 0.05) is 57.1 Å². The van der Waals surface area contributed by atoms with Crippen LogP contribution in [-0.4, -0.2) is 75.3 Å². The molecule has 4 amide bonds. The lowest BCUT2D eigenvalue weighted by Gasteiger charge is -2.25. The monoisotopic (exact) mass is 577 g/mol. The molecule has 12 nitrogen and oxygen atoms in total. The molecule has 0 saturated heterocycles. The zero-order valence-corrected chi connectivity index (χ0v) is 24.2. The van der Waals surface area contributed by atoms with Gasteiger partial charge in [0.1, 0.15) is 6.04 Å². The van der Waals surface area contributed by atoms with Crippen molar-refractivity contribution in [2.24, 2.45) is 5.92 Å². The summed E-state index contributed by atoms with van der Waals surface area (Å²) in [5.74, 6) is -1.11. The summed E-state index contributed by atoms with van der Waals surface area (Å²) in [5, 5.41) is 8.67. The van der Waals surface area contributed by atoms with Crippen molar-refractivity contribution in [2.75, 3.05) is 26.2 Å². The first-order valence-corrected chi connectivity index (χ1v) is 14.6. The van der Waals surface area contributed by atoms with E-state index in [9.17, 15) is 24.0 Å². The van der Waals surface area contributed by atoms with Gasteiger partial charge in [0.05, 0.1) is 16.6 Å². The summed E-state index contributed by atoms with van der Waals surface area (Å²) >= 11 is 0. The number of aromatic nitrogens is 3. The maximum atomic E-state index is 13.2. The van der Waals surface area contributed by atoms with Crippen LogP contribution in [0.2, 0.25) is 0 Å². The van der Waals surface area contributed by atoms with Crippen molar-refractivity contribution in [1.29, 1.82) is 0 Å². The zero-order chi connectivity index (χ0) is 30.1. The molecule has 2 aromatic heterocycles. The normalized spacial score (nSPS) is 19.0. The van der Waals surface area contributed by atoms with Crippen LogP contribution in [0.5, 0.6) is 0 Å². The highest BCUT2D eigenvalue weighted by atomic mass is 16.2. The van der Waals surface area contributed by atoms with E-state index in [2.05, 4.69) is 25.9 Å². The second-order valence-corrected chi connectivity index (χ2v) is 10.6. The number of hydrogen-bond acceptors (Lipinski definition) is 6. The molecule has 0 fully saturated rings. The summed E-state index contributed by atoms with van der Waals surface area (Å²) in [6.45, 7) is 5.55. The predicted molar refractivity (Wildman–Crippen MR) is 158 cm³/mol. The first-order valence-electron chi connectivity index (χ1n) is 14.6. The quantitative estimate of drug-likeness (QED) is 0.372. The van der Waals surface area contributed by atoms with Gasteiger partial charge in [-0.2, -0.15) is 0 Å². The summed E-state index contributed by atoms with van der Waals surface area (Å²) in [6, 6.07) is 7.72. The highest BCUT2D eigenvalue weighted by Gasteiger charge is 2.26. The Balaban J connectivity index is 1.55. The zero-order valence-electron chi connectivity index (χ0n) is 24.2. The van der Waals surface area contributed by atoms with Crippen molar-refractivity contribution in [3.63, 3.8) is 0 Å². The van der Waals surface area contributed by atoms with E-state index in [1.54, 1.807) is 46.0 Å². The van der Waals surface area contributed by atoms with Gasteiger partial charge in [-0.15, -0.1) is 0 Å². The Bertz CT molecular complexity index is 1470. The van der Waals surface area contributed by atoms with Crippen molar-refractivity contribution >= 4 is 34.7 Å². The molecule has 1 aromatic carbocycles. The fraction of sp³-hybridized carbons (Fsp3) is 0.467. The molecular weight excluding hydrogens is 538 g/mol. The fourth-order valence-electron chi connectivity index (χ4n) is 5.01. The lowest BCUT2D eigenvalue weighted by Crippen LogP contribution is -2.50. The first kappa shape index (κ1) is 30.5. The molecular formula is C30H39N7O5. The number of carbonyl (C=O) groups is 4. The molecule has 42 heavy (non-hydrogen) atoms. The number of benzene rings is 1. The van der Waals surface area contributed by atoms with Crippen LogP contribution in [0.4, 0.5) is 0 Å². The van der Waals surface area contributed by atoms with Crippen LogP contribution in [0, 0.1) is 5.92 Å². The number of nitrogens with one attached hydrogen (secondary N) is 4. The molecule has 1 aliphatic heterocycles. The molecule has 1 aliphatic rings. The summed E-state index contributed by atoms with van der Waals surface area (Å²) < 4.78 is 1.55. The number of aryl methyl sites for hydroxylation is 1. The number of aromatic amines is 1. The molecule has 224 valence electrons. The van der Waals surface area contributed by atoms with Crippen molar-refractivity contribution in [3.8, 4) is 0 Å². The number of fused-ring (bicyclic) bond motifs is 1. The Kier molecular flexibility index (Phi) is 10.5. The van der Waals surface area contributed by atoms with Crippen LogP contribution in [-0.2, 0) is 16.1 Å². The van der Waals surface area contributed by atoms with Gasteiger partial charge in [-0.05, 0) is 55.5 Å². The average Bonchev–Trinajstić information content (AvgIpc) is 3.32. The second-order valence-electron chi connectivity index (χ2n) is 10.6. The summed E-state index contributed by atoms with van der Waals surface area (Å²) in [7, 11) is 0. The van der Waals surface area contributed by atoms with Crippen LogP contribution < -0.4 is 21.6 Å². The van der Waals surface area contributed by atoms with Gasteiger partial charge in [-0.1, -0.05) is 20.3 Å². The molecule has 12 heteroatoms. The molecule has 0 unspecified atom stereocenters. The third-order valence-electron chi connectivity index (χ3n) is 7.63. The number of imidazole rings is 1. The van der Waals surface area contributed by atoms with E-state index >= 15 is 0 Å². The van der Waals surface area contributed by atoms with Crippen LogP contribution in [0.3, 0.4) is 0 Å². The van der Waals surface area contributed by atoms with Gasteiger partial charge in [-0.25, -0.2) is 4.79 Å². The summed E-state index contributed by atoms with van der Waals surface area (Å²) in [4.78, 5) is 73.2. The predicted octanol–water partition coefficient (Wildman–Crippen LogP) is 1.82. The van der Waals surface area contributed by atoms with Gasteiger partial charge in [0.2, 0.25) is 11.8 Å². The summed E-state index contributed by atoms with van der Waals surface area (Å²) in [5.41, 5.74) is 1.77. The van der Waals surface area contributed by atoms with E-state index in [-0.39, 0.29) is 41.7 Å². The number of carbonyl (C=O) groups excluding carboxylic acids is 4. The van der Waals surface area contributed by atoms with Crippen LogP contribution in [0.1, 0.15) is 66.7 Å². The van der Waals surface area contributed by atoms with Crippen LogP contribution in [0.25, 0.3) is 11.0 Å². The molecule has 4 N–H and O–H groups in total. The van der Waals surface area contributed by atoms with E-state index in [1.807, 2.05) is 13.8 Å². The first-order chi connectivity index (χ1) is 20.3. The van der Waals surface area contributed by atoms with Crippen molar-refractivity contribution < 1.29 is 19.2 Å². The van der Waals surface area contributed by atoms with E-state index in [0.29, 0.717) is 80.6 Å². The minimum absolute atomic E-state index is 0.0843. The van der Waals surface area contributed by atoms with E-state index in [4.69, 9.17) is 0 Å². The van der Waals surface area contributed by atoms with Gasteiger partial charge < -0.3 is 25.8 Å². The molecule has 2 atom stereocenters. The van der Waals surface area contributed by atoms with Gasteiger partial charge in [0.15, 0.2) is 0 Å². The Morgan fingerprint density at radius 1 is 1.02 bits per heavy atom. The second kappa shape index (κ2) is 14.4. The number of hydrogen-bond donors (Lipinski definition) is 4. The standard InChI is InChI=1S/C30H39N7O5/c1-3-20(2)26-28(40)33-14-7-17-37-24-18-21(10-11-23(24)34-30(37)42)27(39)32-13-6-16-36(15-5-9-25(38)35-26)29(41)22-8-4-12-31-19-22/h4,8,10-12,18-20,26H,3,5-7,9,13-17H2,1-2H3,(H,32,39)(H,33,40)(H,34,42)(H,35,38)/t20-,26-/m0/s1.